The van der Waals surface area contributed by atoms with Crippen LogP contribution in [-0.4, -0.2) is 19.3 Å². The molecule has 2 nitrogen and oxygen atoms in total. The van der Waals surface area contributed by atoms with Crippen LogP contribution in [0.25, 0.3) is 12.2 Å². The van der Waals surface area contributed by atoms with Gasteiger partial charge in [0.1, 0.15) is 0 Å². The first-order valence-corrected chi connectivity index (χ1v) is 10.7. The van der Waals surface area contributed by atoms with Crippen LogP contribution in [0.4, 0.5) is 5.69 Å². The maximum atomic E-state index is 4.27. The predicted octanol–water partition coefficient (Wildman–Crippen LogP) is 5.83. The Morgan fingerprint density at radius 2 is 1.41 bits per heavy atom. The van der Waals surface area contributed by atoms with Crippen LogP contribution in [0.5, 0.6) is 0 Å². The van der Waals surface area contributed by atoms with Gasteiger partial charge >= 0.3 is 0 Å². The second-order valence-electron chi connectivity index (χ2n) is 8.19. The summed E-state index contributed by atoms with van der Waals surface area (Å²) in [5.41, 5.74) is 3.86. The zero-order chi connectivity index (χ0) is 19.7. The van der Waals surface area contributed by atoms with Crippen LogP contribution in [0.3, 0.4) is 0 Å². The molecule has 0 aliphatic rings. The maximum absolute atomic E-state index is 4.27. The normalized spacial score (nSPS) is 11.9. The lowest BCUT2D eigenvalue weighted by Crippen LogP contribution is -2.49. The van der Waals surface area contributed by atoms with Gasteiger partial charge in [-0.1, -0.05) is 37.1 Å². The second-order valence-corrected chi connectivity index (χ2v) is 8.64. The number of thiol groups is 1. The molecule has 0 saturated carbocycles. The van der Waals surface area contributed by atoms with Gasteiger partial charge in [0, 0.05) is 52.2 Å². The van der Waals surface area contributed by atoms with Gasteiger partial charge < -0.3 is 4.90 Å². The fraction of sp³-hybridized carbons (Fsp3) is 0.458. The Bertz CT molecular complexity index is 697. The summed E-state index contributed by atoms with van der Waals surface area (Å²) >= 11 is 4.27. The molecule has 0 radical (unpaired) electrons. The summed E-state index contributed by atoms with van der Waals surface area (Å²) in [6.07, 6.45) is 13.7. The zero-order valence-electron chi connectivity index (χ0n) is 17.4. The van der Waals surface area contributed by atoms with Crippen LogP contribution in [0.1, 0.15) is 57.6 Å². The summed E-state index contributed by atoms with van der Waals surface area (Å²) in [6, 6.07) is 13.1. The van der Waals surface area contributed by atoms with Crippen molar-refractivity contribution in [1.82, 2.24) is 0 Å². The lowest BCUT2D eigenvalue weighted by Gasteiger charge is -2.19. The molecule has 1 heterocycles. The van der Waals surface area contributed by atoms with Gasteiger partial charge in [0.05, 0.1) is 0 Å². The van der Waals surface area contributed by atoms with Crippen molar-refractivity contribution >= 4 is 30.5 Å². The zero-order valence-corrected chi connectivity index (χ0v) is 18.3. The minimum Gasteiger partial charge on any atom is -0.375 e. The van der Waals surface area contributed by atoms with Gasteiger partial charge in [-0.3, -0.25) is 0 Å². The quantitative estimate of drug-likeness (QED) is 0.325. The highest BCUT2D eigenvalue weighted by atomic mass is 32.1. The fourth-order valence-electron chi connectivity index (χ4n) is 2.97. The standard InChI is InChI=1S/C24H34N2S/c1-24(2,3)26-18-15-22(16-19-26)10-9-21-11-13-23(14-12-21)25(4)17-7-5-6-8-20-27/h9-16,18-19H,5-8,17,20H2,1-4H3/p+1. The lowest BCUT2D eigenvalue weighted by atomic mass is 10.1. The maximum Gasteiger partial charge on any atom is 0.169 e. The molecule has 146 valence electrons. The molecule has 0 amide bonds. The van der Waals surface area contributed by atoms with Gasteiger partial charge in [0.25, 0.3) is 0 Å². The third-order valence-corrected chi connectivity index (χ3v) is 5.15. The summed E-state index contributed by atoms with van der Waals surface area (Å²) in [4.78, 5) is 2.34. The Labute approximate surface area is 171 Å². The number of hydrogen-bond acceptors (Lipinski definition) is 2. The average Bonchev–Trinajstić information content (AvgIpc) is 2.66. The largest absolute Gasteiger partial charge is 0.375 e. The van der Waals surface area contributed by atoms with Crippen molar-refractivity contribution in [2.24, 2.45) is 0 Å². The molecule has 0 spiro atoms. The molecule has 0 bridgehead atoms. The molecule has 2 aromatic rings. The van der Waals surface area contributed by atoms with E-state index < -0.39 is 0 Å². The van der Waals surface area contributed by atoms with Crippen LogP contribution < -0.4 is 9.47 Å². The molecule has 0 fully saturated rings. The summed E-state index contributed by atoms with van der Waals surface area (Å²) < 4.78 is 2.23. The Hall–Kier alpha value is -1.74. The Morgan fingerprint density at radius 3 is 1.96 bits per heavy atom. The van der Waals surface area contributed by atoms with Crippen molar-refractivity contribution < 1.29 is 4.57 Å². The van der Waals surface area contributed by atoms with E-state index in [1.54, 1.807) is 0 Å². The Kier molecular flexibility index (Phi) is 8.43. The molecule has 0 saturated heterocycles. The van der Waals surface area contributed by atoms with E-state index in [2.05, 4.69) is 111 Å². The molecule has 0 aliphatic carbocycles. The lowest BCUT2D eigenvalue weighted by molar-refractivity contribution is -0.754. The van der Waals surface area contributed by atoms with Crippen LogP contribution in [-0.2, 0) is 5.54 Å². The number of nitrogens with zero attached hydrogens (tertiary/aromatic N) is 2. The van der Waals surface area contributed by atoms with Gasteiger partial charge in [0.15, 0.2) is 17.9 Å². The van der Waals surface area contributed by atoms with E-state index in [0.29, 0.717) is 0 Å². The van der Waals surface area contributed by atoms with Crippen LogP contribution in [0.2, 0.25) is 0 Å². The Morgan fingerprint density at radius 1 is 0.852 bits per heavy atom. The van der Waals surface area contributed by atoms with Crippen molar-refractivity contribution in [1.29, 1.82) is 0 Å². The first-order chi connectivity index (χ1) is 12.9. The molecular weight excluding hydrogens is 348 g/mol. The molecule has 3 heteroatoms. The first-order valence-electron chi connectivity index (χ1n) is 10.0. The van der Waals surface area contributed by atoms with Crippen LogP contribution in [0, 0.1) is 0 Å². The van der Waals surface area contributed by atoms with Crippen molar-refractivity contribution in [2.45, 2.75) is 52.0 Å². The summed E-state index contributed by atoms with van der Waals surface area (Å²) in [7, 11) is 2.18. The van der Waals surface area contributed by atoms with E-state index in [4.69, 9.17) is 0 Å². The smallest absolute Gasteiger partial charge is 0.169 e. The average molecular weight is 384 g/mol. The van der Waals surface area contributed by atoms with Crippen molar-refractivity contribution in [3.8, 4) is 0 Å². The van der Waals surface area contributed by atoms with Crippen molar-refractivity contribution in [2.75, 3.05) is 24.2 Å². The third-order valence-electron chi connectivity index (χ3n) is 4.83. The van der Waals surface area contributed by atoms with E-state index in [1.807, 2.05) is 0 Å². The molecule has 0 N–H and O–H groups in total. The van der Waals surface area contributed by atoms with Crippen molar-refractivity contribution in [3.63, 3.8) is 0 Å². The predicted molar refractivity (Wildman–Crippen MR) is 123 cm³/mol. The minimum absolute atomic E-state index is 0.122. The SMILES string of the molecule is CN(CCCCCCS)c1ccc(/C=C/c2cc[n+](C(C)(C)C)cc2)cc1. The van der Waals surface area contributed by atoms with E-state index >= 15 is 0 Å². The molecule has 1 aromatic heterocycles. The topological polar surface area (TPSA) is 7.12 Å². The highest BCUT2D eigenvalue weighted by Crippen LogP contribution is 2.17. The van der Waals surface area contributed by atoms with Gasteiger partial charge in [-0.2, -0.15) is 12.6 Å². The molecule has 0 atom stereocenters. The van der Waals surface area contributed by atoms with Crippen LogP contribution in [0.15, 0.2) is 48.8 Å². The fourth-order valence-corrected chi connectivity index (χ4v) is 3.20. The monoisotopic (exact) mass is 383 g/mol. The Balaban J connectivity index is 1.88. The number of anilines is 1. The van der Waals surface area contributed by atoms with Gasteiger partial charge in [-0.25, -0.2) is 4.57 Å². The number of pyridine rings is 1. The van der Waals surface area contributed by atoms with Gasteiger partial charge in [-0.05, 0) is 41.9 Å². The second kappa shape index (κ2) is 10.6. The highest BCUT2D eigenvalue weighted by molar-refractivity contribution is 7.80. The molecular formula is C24H35N2S+. The number of benzene rings is 1. The molecule has 2 rings (SSSR count). The van der Waals surface area contributed by atoms with E-state index in [9.17, 15) is 0 Å². The summed E-state index contributed by atoms with van der Waals surface area (Å²) in [5.74, 6) is 1.00. The minimum atomic E-state index is 0.122. The van der Waals surface area contributed by atoms with E-state index in [1.165, 1.54) is 42.5 Å². The first kappa shape index (κ1) is 21.6. The van der Waals surface area contributed by atoms with Crippen molar-refractivity contribution in [3.05, 3.63) is 59.9 Å². The third kappa shape index (κ3) is 7.42. The van der Waals surface area contributed by atoms with Gasteiger partial charge in [-0.15, -0.1) is 0 Å². The summed E-state index contributed by atoms with van der Waals surface area (Å²) in [5, 5.41) is 0. The van der Waals surface area contributed by atoms with Crippen LogP contribution >= 0.6 is 12.6 Å². The van der Waals surface area contributed by atoms with E-state index in [0.717, 1.165) is 12.3 Å². The highest BCUT2D eigenvalue weighted by Gasteiger charge is 2.19. The number of hydrogen-bond donors (Lipinski definition) is 1. The molecule has 0 aliphatic heterocycles. The number of rotatable bonds is 9. The molecule has 27 heavy (non-hydrogen) atoms. The summed E-state index contributed by atoms with van der Waals surface area (Å²) in [6.45, 7) is 7.75. The number of unbranched alkanes of at least 4 members (excludes halogenated alkanes) is 3. The van der Waals surface area contributed by atoms with Gasteiger partial charge in [0.2, 0.25) is 0 Å². The number of aromatic nitrogens is 1. The molecule has 0 unspecified atom stereocenters. The van der Waals surface area contributed by atoms with E-state index in [-0.39, 0.29) is 5.54 Å². The molecule has 1 aromatic carbocycles.